The minimum atomic E-state index is -4.11. The summed E-state index contributed by atoms with van der Waals surface area (Å²) in [6, 6.07) is 7.87. The summed E-state index contributed by atoms with van der Waals surface area (Å²) in [7, 11) is -4.11. The zero-order valence-corrected chi connectivity index (χ0v) is 9.79. The van der Waals surface area contributed by atoms with Crippen LogP contribution in [-0.2, 0) is 15.1 Å². The number of rotatable bonds is 5. The van der Waals surface area contributed by atoms with Gasteiger partial charge >= 0.3 is 10.3 Å². The van der Waals surface area contributed by atoms with Crippen LogP contribution in [0.2, 0.25) is 0 Å². The lowest BCUT2D eigenvalue weighted by atomic mass is 10.3. The molecule has 1 aromatic rings. The molecular weight excluding hydrogens is 254 g/mol. The van der Waals surface area contributed by atoms with Gasteiger partial charge in [-0.15, -0.1) is 11.6 Å². The molecule has 0 unspecified atom stereocenters. The lowest BCUT2D eigenvalue weighted by Crippen LogP contribution is -2.34. The quantitative estimate of drug-likeness (QED) is 0.806. The molecule has 1 rings (SSSR count). The van der Waals surface area contributed by atoms with E-state index in [0.717, 1.165) is 0 Å². The molecule has 1 aromatic carbocycles. The van der Waals surface area contributed by atoms with Crippen LogP contribution >= 0.6 is 11.6 Å². The fraction of sp³-hybridized carbons (Fsp3) is 0.222. The van der Waals surface area contributed by atoms with Gasteiger partial charge in [0.1, 0.15) is 5.75 Å². The van der Waals surface area contributed by atoms with E-state index >= 15 is 0 Å². The summed E-state index contributed by atoms with van der Waals surface area (Å²) in [4.78, 5) is 11.0. The number of hydrogen-bond acceptors (Lipinski definition) is 4. The standard InChI is InChI=1S/C9H10ClNO4S/c10-7-6-9(12)11-16(13,14)15-8-4-2-1-3-5-8/h1-5H,6-7H2,(H,11,12). The maximum absolute atomic E-state index is 11.3. The Morgan fingerprint density at radius 3 is 2.50 bits per heavy atom. The topological polar surface area (TPSA) is 72.5 Å². The highest BCUT2D eigenvalue weighted by atomic mass is 35.5. The van der Waals surface area contributed by atoms with Crippen LogP contribution < -0.4 is 8.91 Å². The van der Waals surface area contributed by atoms with Gasteiger partial charge in [-0.1, -0.05) is 18.2 Å². The number of benzene rings is 1. The summed E-state index contributed by atoms with van der Waals surface area (Å²) in [5.74, 6) is -0.522. The highest BCUT2D eigenvalue weighted by molar-refractivity contribution is 7.85. The third-order valence-electron chi connectivity index (χ3n) is 1.51. The number of para-hydroxylation sites is 1. The van der Waals surface area contributed by atoms with Crippen molar-refractivity contribution in [1.29, 1.82) is 0 Å². The van der Waals surface area contributed by atoms with Crippen LogP contribution in [-0.4, -0.2) is 20.2 Å². The first kappa shape index (κ1) is 12.8. The predicted octanol–water partition coefficient (Wildman–Crippen LogP) is 1.06. The predicted molar refractivity (Wildman–Crippen MR) is 59.5 cm³/mol. The van der Waals surface area contributed by atoms with E-state index in [1.165, 1.54) is 12.1 Å². The van der Waals surface area contributed by atoms with Crippen LogP contribution in [0.4, 0.5) is 0 Å². The molecule has 0 aliphatic rings. The lowest BCUT2D eigenvalue weighted by molar-refractivity contribution is -0.119. The maximum atomic E-state index is 11.3. The van der Waals surface area contributed by atoms with Gasteiger partial charge in [-0.25, -0.2) is 4.72 Å². The molecule has 0 aliphatic carbocycles. The monoisotopic (exact) mass is 263 g/mol. The van der Waals surface area contributed by atoms with E-state index < -0.39 is 16.2 Å². The van der Waals surface area contributed by atoms with Crippen molar-refractivity contribution in [2.75, 3.05) is 5.88 Å². The number of alkyl halides is 1. The normalized spacial score (nSPS) is 10.8. The molecule has 16 heavy (non-hydrogen) atoms. The van der Waals surface area contributed by atoms with Crippen molar-refractivity contribution in [1.82, 2.24) is 4.72 Å². The lowest BCUT2D eigenvalue weighted by Gasteiger charge is -2.06. The van der Waals surface area contributed by atoms with E-state index in [0.29, 0.717) is 0 Å². The van der Waals surface area contributed by atoms with Gasteiger partial charge in [-0.3, -0.25) is 4.79 Å². The Balaban J connectivity index is 2.63. The Labute approximate surface area is 98.6 Å². The Morgan fingerprint density at radius 1 is 1.31 bits per heavy atom. The van der Waals surface area contributed by atoms with Crippen LogP contribution in [0.5, 0.6) is 5.75 Å². The largest absolute Gasteiger partial charge is 0.409 e. The first-order valence-electron chi connectivity index (χ1n) is 4.39. The summed E-state index contributed by atoms with van der Waals surface area (Å²) in [5, 5.41) is 0. The SMILES string of the molecule is O=C(CCCl)NS(=O)(=O)Oc1ccccc1. The zero-order valence-electron chi connectivity index (χ0n) is 8.22. The van der Waals surface area contributed by atoms with E-state index in [9.17, 15) is 13.2 Å². The van der Waals surface area contributed by atoms with Gasteiger partial charge in [0.15, 0.2) is 0 Å². The molecular formula is C9H10ClNO4S. The Hall–Kier alpha value is -1.27. The van der Waals surface area contributed by atoms with Gasteiger partial charge in [0, 0.05) is 12.3 Å². The molecule has 0 bridgehead atoms. The van der Waals surface area contributed by atoms with Crippen LogP contribution in [0.1, 0.15) is 6.42 Å². The second-order valence-electron chi connectivity index (χ2n) is 2.81. The van der Waals surface area contributed by atoms with Crippen LogP contribution in [0.25, 0.3) is 0 Å². The average Bonchev–Trinajstić information content (AvgIpc) is 2.17. The van der Waals surface area contributed by atoms with E-state index in [-0.39, 0.29) is 18.1 Å². The maximum Gasteiger partial charge on any atom is 0.409 e. The average molecular weight is 264 g/mol. The summed E-state index contributed by atoms with van der Waals surface area (Å²) < 4.78 is 28.9. The molecule has 5 nitrogen and oxygen atoms in total. The highest BCUT2D eigenvalue weighted by Crippen LogP contribution is 2.10. The minimum Gasteiger partial charge on any atom is -0.367 e. The molecule has 0 radical (unpaired) electrons. The number of halogens is 1. The van der Waals surface area contributed by atoms with Crippen molar-refractivity contribution in [3.63, 3.8) is 0 Å². The van der Waals surface area contributed by atoms with Crippen molar-refractivity contribution in [2.45, 2.75) is 6.42 Å². The highest BCUT2D eigenvalue weighted by Gasteiger charge is 2.15. The molecule has 1 N–H and O–H groups in total. The number of nitrogens with one attached hydrogen (secondary N) is 1. The summed E-state index contributed by atoms with van der Waals surface area (Å²) in [6.07, 6.45) is -0.0844. The van der Waals surface area contributed by atoms with Gasteiger partial charge in [0.2, 0.25) is 5.91 Å². The smallest absolute Gasteiger partial charge is 0.367 e. The fourth-order valence-electron chi connectivity index (χ4n) is 0.900. The fourth-order valence-corrected chi connectivity index (χ4v) is 1.86. The number of hydrogen-bond donors (Lipinski definition) is 1. The Bertz CT molecular complexity index is 446. The molecule has 0 atom stereocenters. The van der Waals surface area contributed by atoms with E-state index in [2.05, 4.69) is 4.18 Å². The van der Waals surface area contributed by atoms with Gasteiger partial charge in [-0.2, -0.15) is 8.42 Å². The van der Waals surface area contributed by atoms with Crippen LogP contribution in [0, 0.1) is 0 Å². The van der Waals surface area contributed by atoms with Crippen molar-refractivity contribution in [3.05, 3.63) is 30.3 Å². The molecule has 0 heterocycles. The molecule has 88 valence electrons. The van der Waals surface area contributed by atoms with Gasteiger partial charge in [0.05, 0.1) is 0 Å². The van der Waals surface area contributed by atoms with Crippen molar-refractivity contribution in [2.24, 2.45) is 0 Å². The molecule has 7 heteroatoms. The first-order valence-corrected chi connectivity index (χ1v) is 6.34. The zero-order chi connectivity index (χ0) is 12.0. The molecule has 1 amide bonds. The molecule has 0 saturated carbocycles. The van der Waals surface area contributed by atoms with Crippen molar-refractivity contribution >= 4 is 27.8 Å². The first-order chi connectivity index (χ1) is 7.53. The van der Waals surface area contributed by atoms with E-state index in [1.54, 1.807) is 22.9 Å². The van der Waals surface area contributed by atoms with Crippen molar-refractivity contribution in [3.8, 4) is 5.75 Å². The number of carbonyl (C=O) groups excluding carboxylic acids is 1. The van der Waals surface area contributed by atoms with Crippen LogP contribution in [0.15, 0.2) is 30.3 Å². The summed E-state index contributed by atoms with van der Waals surface area (Å²) in [6.45, 7) is 0. The van der Waals surface area contributed by atoms with Gasteiger partial charge in [0.25, 0.3) is 0 Å². The second kappa shape index (κ2) is 5.72. The number of carbonyl (C=O) groups is 1. The second-order valence-corrected chi connectivity index (χ2v) is 4.47. The van der Waals surface area contributed by atoms with E-state index in [4.69, 9.17) is 11.6 Å². The Morgan fingerprint density at radius 2 is 1.94 bits per heavy atom. The third-order valence-corrected chi connectivity index (χ3v) is 2.59. The van der Waals surface area contributed by atoms with Gasteiger partial charge in [-0.05, 0) is 12.1 Å². The molecule has 0 spiro atoms. The molecule has 0 fully saturated rings. The summed E-state index contributed by atoms with van der Waals surface area (Å²) >= 11 is 5.29. The van der Waals surface area contributed by atoms with Crippen molar-refractivity contribution < 1.29 is 17.4 Å². The number of amides is 1. The summed E-state index contributed by atoms with van der Waals surface area (Å²) in [5.41, 5.74) is 0. The Kier molecular flexibility index (Phi) is 4.57. The van der Waals surface area contributed by atoms with Gasteiger partial charge < -0.3 is 4.18 Å². The minimum absolute atomic E-state index is 0.0483. The molecule has 0 saturated heterocycles. The molecule has 0 aromatic heterocycles. The molecule has 0 aliphatic heterocycles. The van der Waals surface area contributed by atoms with E-state index in [1.807, 2.05) is 0 Å². The van der Waals surface area contributed by atoms with Crippen LogP contribution in [0.3, 0.4) is 0 Å². The third kappa shape index (κ3) is 4.50.